The van der Waals surface area contributed by atoms with Crippen LogP contribution in [0.1, 0.15) is 73.7 Å². The van der Waals surface area contributed by atoms with Crippen LogP contribution in [-0.2, 0) is 28.6 Å². The lowest BCUT2D eigenvalue weighted by Crippen LogP contribution is -2.35. The van der Waals surface area contributed by atoms with Crippen LogP contribution >= 0.6 is 0 Å². The van der Waals surface area contributed by atoms with Crippen LogP contribution in [0.5, 0.6) is 0 Å². The Hall–Kier alpha value is -4.12. The standard InChI is InChI=1S/C18H24F2O4.C8H5F3O2.CO2/c1-17(2,3)14(16(22)24-18(4,5)6)13-11(19)8-10(9-12(13)20)15(21)23-7;1-13-8(12)4-2-5(9)7(11)6(10)3-4;2-1-3/h8-9,14H,1-7H3;2-3H,1H3;. The maximum Gasteiger partial charge on any atom is 0.373 e. The summed E-state index contributed by atoms with van der Waals surface area (Å²) >= 11 is 0. The lowest BCUT2D eigenvalue weighted by molar-refractivity contribution is -0.191. The Bertz CT molecular complexity index is 1210. The second-order valence-corrected chi connectivity index (χ2v) is 10.0. The van der Waals surface area contributed by atoms with Crippen molar-refractivity contribution in [1.82, 2.24) is 0 Å². The monoisotopic (exact) mass is 576 g/mol. The van der Waals surface area contributed by atoms with Crippen molar-refractivity contribution < 1.29 is 60.1 Å². The summed E-state index contributed by atoms with van der Waals surface area (Å²) in [4.78, 5) is 51.0. The van der Waals surface area contributed by atoms with Gasteiger partial charge in [-0.15, -0.1) is 0 Å². The van der Waals surface area contributed by atoms with E-state index < -0.39 is 69.5 Å². The first-order valence-corrected chi connectivity index (χ1v) is 11.3. The summed E-state index contributed by atoms with van der Waals surface area (Å²) in [6.45, 7) is 10.1. The zero-order valence-corrected chi connectivity index (χ0v) is 23.0. The topological polar surface area (TPSA) is 113 Å². The van der Waals surface area contributed by atoms with E-state index in [2.05, 4.69) is 9.47 Å². The minimum absolute atomic E-state index is 0.250. The number of ether oxygens (including phenoxy) is 3. The van der Waals surface area contributed by atoms with Crippen molar-refractivity contribution in [3.05, 3.63) is 70.0 Å². The quantitative estimate of drug-likeness (QED) is 0.202. The van der Waals surface area contributed by atoms with Crippen LogP contribution in [0.2, 0.25) is 0 Å². The number of carbonyl (C=O) groups excluding carboxylic acids is 5. The van der Waals surface area contributed by atoms with Crippen molar-refractivity contribution in [2.75, 3.05) is 14.2 Å². The first kappa shape index (κ1) is 35.9. The van der Waals surface area contributed by atoms with Crippen molar-refractivity contribution >= 4 is 24.1 Å². The minimum Gasteiger partial charge on any atom is -0.465 e. The molecule has 13 heteroatoms. The molecule has 0 N–H and O–H groups in total. The molecule has 0 saturated heterocycles. The fraction of sp³-hybridized carbons (Fsp3) is 0.407. The van der Waals surface area contributed by atoms with E-state index in [4.69, 9.17) is 14.3 Å². The highest BCUT2D eigenvalue weighted by Crippen LogP contribution is 2.40. The van der Waals surface area contributed by atoms with Gasteiger partial charge >= 0.3 is 24.1 Å². The highest BCUT2D eigenvalue weighted by molar-refractivity contribution is 5.90. The van der Waals surface area contributed by atoms with Crippen molar-refractivity contribution in [1.29, 1.82) is 0 Å². The molecule has 0 aliphatic carbocycles. The maximum atomic E-state index is 14.5. The van der Waals surface area contributed by atoms with Gasteiger partial charge in [-0.3, -0.25) is 4.79 Å². The molecule has 0 aliphatic heterocycles. The molecule has 2 aromatic carbocycles. The summed E-state index contributed by atoms with van der Waals surface area (Å²) in [5.41, 5.74) is -2.62. The lowest BCUT2D eigenvalue weighted by Gasteiger charge is -2.32. The predicted octanol–water partition coefficient (Wildman–Crippen LogP) is 5.53. The normalized spacial score (nSPS) is 11.4. The molecule has 0 aliphatic rings. The van der Waals surface area contributed by atoms with Crippen molar-refractivity contribution in [3.63, 3.8) is 0 Å². The molecular weight excluding hydrogens is 547 g/mol. The van der Waals surface area contributed by atoms with Crippen LogP contribution in [0.25, 0.3) is 0 Å². The molecule has 0 radical (unpaired) electrons. The SMILES string of the molecule is COC(=O)c1cc(F)c(C(C(=O)OC(C)(C)C)C(C)(C)C)c(F)c1.COC(=O)c1cc(F)c(F)c(F)c1.O=C=O. The first-order valence-electron chi connectivity index (χ1n) is 11.3. The molecule has 0 aromatic heterocycles. The van der Waals surface area contributed by atoms with E-state index in [1.807, 2.05) is 0 Å². The molecule has 2 rings (SSSR count). The summed E-state index contributed by atoms with van der Waals surface area (Å²) in [5.74, 6) is -10.1. The van der Waals surface area contributed by atoms with Gasteiger partial charge in [0, 0.05) is 5.56 Å². The molecule has 0 heterocycles. The number of halogens is 5. The molecule has 0 bridgehead atoms. The molecule has 0 fully saturated rings. The highest BCUT2D eigenvalue weighted by Gasteiger charge is 2.40. The second-order valence-electron chi connectivity index (χ2n) is 10.0. The van der Waals surface area contributed by atoms with Gasteiger partial charge in [0.2, 0.25) is 0 Å². The van der Waals surface area contributed by atoms with Gasteiger partial charge in [-0.2, -0.15) is 9.59 Å². The van der Waals surface area contributed by atoms with Gasteiger partial charge in [0.1, 0.15) is 17.2 Å². The van der Waals surface area contributed by atoms with Crippen LogP contribution in [-0.4, -0.2) is 43.9 Å². The summed E-state index contributed by atoms with van der Waals surface area (Å²) in [7, 11) is 2.17. The Morgan fingerprint density at radius 2 is 1.02 bits per heavy atom. The molecule has 0 amide bonds. The Balaban J connectivity index is 0.000000794. The van der Waals surface area contributed by atoms with E-state index in [-0.39, 0.29) is 17.3 Å². The molecule has 0 saturated carbocycles. The molecule has 8 nitrogen and oxygen atoms in total. The number of rotatable bonds is 4. The average molecular weight is 577 g/mol. The zero-order valence-electron chi connectivity index (χ0n) is 23.0. The molecule has 0 spiro atoms. The Morgan fingerprint density at radius 3 is 1.30 bits per heavy atom. The van der Waals surface area contributed by atoms with Gasteiger partial charge in [-0.25, -0.2) is 31.5 Å². The lowest BCUT2D eigenvalue weighted by atomic mass is 9.75. The summed E-state index contributed by atoms with van der Waals surface area (Å²) in [6.07, 6.45) is 0.250. The Labute approximate surface area is 227 Å². The fourth-order valence-corrected chi connectivity index (χ4v) is 3.15. The van der Waals surface area contributed by atoms with Crippen LogP contribution < -0.4 is 0 Å². The predicted molar refractivity (Wildman–Crippen MR) is 128 cm³/mol. The van der Waals surface area contributed by atoms with Gasteiger partial charge < -0.3 is 14.2 Å². The van der Waals surface area contributed by atoms with E-state index in [1.54, 1.807) is 41.5 Å². The van der Waals surface area contributed by atoms with Crippen LogP contribution in [0.3, 0.4) is 0 Å². The van der Waals surface area contributed by atoms with E-state index in [0.717, 1.165) is 26.4 Å². The van der Waals surface area contributed by atoms with Gasteiger partial charge in [-0.05, 0) is 50.5 Å². The number of benzene rings is 2. The maximum absolute atomic E-state index is 14.5. The van der Waals surface area contributed by atoms with Crippen LogP contribution in [0.4, 0.5) is 22.0 Å². The van der Waals surface area contributed by atoms with Gasteiger partial charge in [0.05, 0.1) is 31.3 Å². The zero-order chi connectivity index (χ0) is 31.6. The van der Waals surface area contributed by atoms with Crippen molar-refractivity contribution in [2.45, 2.75) is 53.1 Å². The Morgan fingerprint density at radius 1 is 0.700 bits per heavy atom. The van der Waals surface area contributed by atoms with E-state index >= 15 is 0 Å². The van der Waals surface area contributed by atoms with Gasteiger partial charge in [0.15, 0.2) is 17.5 Å². The third-order valence-corrected chi connectivity index (χ3v) is 4.70. The highest BCUT2D eigenvalue weighted by atomic mass is 19.2. The number of carbonyl (C=O) groups is 3. The van der Waals surface area contributed by atoms with Crippen LogP contribution in [0, 0.1) is 34.5 Å². The number of methoxy groups -OCH3 is 2. The third kappa shape index (κ3) is 10.6. The second kappa shape index (κ2) is 14.9. The van der Waals surface area contributed by atoms with Crippen molar-refractivity contribution in [3.8, 4) is 0 Å². The molecule has 1 unspecified atom stereocenters. The van der Waals surface area contributed by atoms with Gasteiger partial charge in [-0.1, -0.05) is 20.8 Å². The molecular formula is C27H29F5O8. The largest absolute Gasteiger partial charge is 0.465 e. The molecule has 40 heavy (non-hydrogen) atoms. The number of hydrogen-bond acceptors (Lipinski definition) is 8. The first-order chi connectivity index (χ1) is 18.2. The molecule has 220 valence electrons. The minimum atomic E-state index is -1.60. The summed E-state index contributed by atoms with van der Waals surface area (Å²) in [6, 6.07) is 2.88. The third-order valence-electron chi connectivity index (χ3n) is 4.70. The fourth-order valence-electron chi connectivity index (χ4n) is 3.15. The molecule has 1 atom stereocenters. The van der Waals surface area contributed by atoms with E-state index in [0.29, 0.717) is 12.1 Å². The van der Waals surface area contributed by atoms with E-state index in [9.17, 15) is 36.3 Å². The number of hydrogen-bond donors (Lipinski definition) is 0. The summed E-state index contributed by atoms with van der Waals surface area (Å²) in [5, 5.41) is 0. The number of esters is 3. The van der Waals surface area contributed by atoms with Crippen molar-refractivity contribution in [2.24, 2.45) is 5.41 Å². The Kier molecular flexibility index (Phi) is 13.3. The summed E-state index contributed by atoms with van der Waals surface area (Å²) < 4.78 is 80.4. The van der Waals surface area contributed by atoms with Gasteiger partial charge in [0.25, 0.3) is 0 Å². The van der Waals surface area contributed by atoms with E-state index in [1.165, 1.54) is 0 Å². The average Bonchev–Trinajstić information content (AvgIpc) is 2.82. The molecule has 2 aromatic rings. The van der Waals surface area contributed by atoms with Crippen LogP contribution in [0.15, 0.2) is 24.3 Å². The smallest absolute Gasteiger partial charge is 0.373 e.